The minimum Gasteiger partial charge on any atom is -0.267 e. The molecule has 0 aliphatic carbocycles. The number of alkyl halides is 14. The molecule has 0 aromatic carbocycles. The normalized spacial score (nSPS) is 18.4. The van der Waals surface area contributed by atoms with Crippen LogP contribution in [-0.4, -0.2) is 42.7 Å². The molecule has 148 valence electrons. The molecule has 25 heavy (non-hydrogen) atoms. The summed E-state index contributed by atoms with van der Waals surface area (Å²) < 4.78 is 177. The molecular formula is C8HF14NO2. The molecule has 0 heterocycles. The van der Waals surface area contributed by atoms with E-state index in [1.165, 1.54) is 4.74 Å². The van der Waals surface area contributed by atoms with Crippen LogP contribution >= 0.6 is 0 Å². The highest BCUT2D eigenvalue weighted by Gasteiger charge is 2.83. The lowest BCUT2D eigenvalue weighted by Gasteiger charge is -2.37. The van der Waals surface area contributed by atoms with Crippen LogP contribution in [0.5, 0.6) is 0 Å². The van der Waals surface area contributed by atoms with Crippen molar-refractivity contribution in [2.45, 2.75) is 42.7 Å². The third-order valence-electron chi connectivity index (χ3n) is 2.08. The maximum atomic E-state index is 13.3. The van der Waals surface area contributed by atoms with Crippen LogP contribution in [0, 0.1) is 11.3 Å². The molecule has 0 saturated carbocycles. The van der Waals surface area contributed by atoms with Crippen LogP contribution in [0.2, 0.25) is 0 Å². The third-order valence-corrected chi connectivity index (χ3v) is 2.08. The number of hydrogen-bond acceptors (Lipinski definition) is 3. The first kappa shape index (κ1) is 23.4. The molecule has 0 saturated heterocycles. The predicted octanol–water partition coefficient (Wildman–Crippen LogP) is 4.45. The first-order valence-corrected chi connectivity index (χ1v) is 5.04. The Morgan fingerprint density at radius 3 is 1.36 bits per heavy atom. The number of halogens is 14. The van der Waals surface area contributed by atoms with E-state index in [2.05, 4.69) is 4.74 Å². The molecule has 0 bridgehead atoms. The zero-order chi connectivity index (χ0) is 20.7. The molecule has 0 aliphatic rings. The Hall–Kier alpha value is -1.57. The molecule has 0 radical (unpaired) electrons. The quantitative estimate of drug-likeness (QED) is 0.609. The Bertz CT molecular complexity index is 518. The molecule has 0 amide bonds. The fourth-order valence-corrected chi connectivity index (χ4v) is 0.920. The summed E-state index contributed by atoms with van der Waals surface area (Å²) in [6.45, 7) is 0. The first-order valence-electron chi connectivity index (χ1n) is 5.04. The minimum absolute atomic E-state index is 0.0122. The van der Waals surface area contributed by atoms with Crippen molar-refractivity contribution < 1.29 is 70.9 Å². The maximum absolute atomic E-state index is 13.3. The summed E-state index contributed by atoms with van der Waals surface area (Å²) in [5.74, 6) is -15.0. The van der Waals surface area contributed by atoms with Gasteiger partial charge in [-0.2, -0.15) is 66.7 Å². The van der Waals surface area contributed by atoms with Crippen molar-refractivity contribution in [1.29, 1.82) is 5.26 Å². The number of nitrogens with zero attached hydrogens (tertiary/aromatic N) is 1. The fourth-order valence-electron chi connectivity index (χ4n) is 0.920. The number of hydrogen-bond donors (Lipinski definition) is 0. The van der Waals surface area contributed by atoms with E-state index in [0.29, 0.717) is 0 Å². The van der Waals surface area contributed by atoms with Gasteiger partial charge in [0.2, 0.25) is 0 Å². The van der Waals surface area contributed by atoms with Crippen molar-refractivity contribution in [2.75, 3.05) is 0 Å². The van der Waals surface area contributed by atoms with Crippen LogP contribution in [0.3, 0.4) is 0 Å². The predicted molar refractivity (Wildman–Crippen MR) is 43.5 cm³/mol. The molecule has 0 N–H and O–H groups in total. The van der Waals surface area contributed by atoms with E-state index in [0.717, 1.165) is 0 Å². The van der Waals surface area contributed by atoms with E-state index in [1.54, 1.807) is 0 Å². The molecule has 0 aromatic rings. The molecular weight excluding hydrogens is 408 g/mol. The zero-order valence-electron chi connectivity index (χ0n) is 10.6. The third kappa shape index (κ3) is 4.16. The van der Waals surface area contributed by atoms with Gasteiger partial charge in [0.05, 0.1) is 0 Å². The number of rotatable bonds is 6. The Balaban J connectivity index is 6.15. The van der Waals surface area contributed by atoms with Crippen LogP contribution in [0.4, 0.5) is 61.5 Å². The average Bonchev–Trinajstić information content (AvgIpc) is 2.34. The Labute approximate surface area is 126 Å². The number of nitriles is 1. The molecule has 2 atom stereocenters. The van der Waals surface area contributed by atoms with E-state index in [4.69, 9.17) is 5.26 Å². The van der Waals surface area contributed by atoms with Gasteiger partial charge < -0.3 is 0 Å². The summed E-state index contributed by atoms with van der Waals surface area (Å²) in [5.41, 5.74) is 0. The summed E-state index contributed by atoms with van der Waals surface area (Å²) in [4.78, 5) is 0. The summed E-state index contributed by atoms with van der Waals surface area (Å²) in [5, 5.41) is 7.69. The van der Waals surface area contributed by atoms with Gasteiger partial charge in [-0.15, -0.1) is 0 Å². The van der Waals surface area contributed by atoms with Crippen LogP contribution in [-0.2, 0) is 9.47 Å². The SMILES string of the molecule is N#CC(F)OC(F)(F)C(F)(OC(F)(F)C(F)(F)C(F)(F)F)C(F)(F)F. The molecule has 0 spiro atoms. The van der Waals surface area contributed by atoms with Gasteiger partial charge >= 0.3 is 36.3 Å². The Morgan fingerprint density at radius 1 is 0.680 bits per heavy atom. The Kier molecular flexibility index (Phi) is 5.91. The van der Waals surface area contributed by atoms with E-state index in [1.807, 2.05) is 0 Å². The second-order valence-electron chi connectivity index (χ2n) is 3.86. The zero-order valence-corrected chi connectivity index (χ0v) is 10.6. The highest BCUT2D eigenvalue weighted by molar-refractivity contribution is 4.94. The standard InChI is InChI=1S/C8HF14NO2/c9-2(1-23)24-8(21,22)4(12,6(16,17)18)25-7(19,20)3(10,11)5(13,14)15/h2H. The molecule has 0 rings (SSSR count). The lowest BCUT2D eigenvalue weighted by Crippen LogP contribution is -2.65. The van der Waals surface area contributed by atoms with Gasteiger partial charge in [0.1, 0.15) is 6.07 Å². The lowest BCUT2D eigenvalue weighted by atomic mass is 10.2. The van der Waals surface area contributed by atoms with Gasteiger partial charge in [0.15, 0.2) is 0 Å². The summed E-state index contributed by atoms with van der Waals surface area (Å²) in [6, 6.07) is -0.0122. The first-order chi connectivity index (χ1) is 10.7. The van der Waals surface area contributed by atoms with Crippen LogP contribution in [0.25, 0.3) is 0 Å². The van der Waals surface area contributed by atoms with Crippen molar-refractivity contribution in [1.82, 2.24) is 0 Å². The molecule has 3 nitrogen and oxygen atoms in total. The van der Waals surface area contributed by atoms with E-state index >= 15 is 0 Å². The van der Waals surface area contributed by atoms with Gasteiger partial charge in [-0.05, 0) is 0 Å². The summed E-state index contributed by atoms with van der Waals surface area (Å²) in [7, 11) is 0. The van der Waals surface area contributed by atoms with Crippen LogP contribution < -0.4 is 0 Å². The summed E-state index contributed by atoms with van der Waals surface area (Å²) in [6.07, 6.45) is -33.5. The number of ether oxygens (including phenoxy) is 2. The minimum atomic E-state index is -7.58. The molecule has 2 unspecified atom stereocenters. The maximum Gasteiger partial charge on any atom is 0.462 e. The second kappa shape index (κ2) is 6.30. The molecule has 0 aromatic heterocycles. The smallest absolute Gasteiger partial charge is 0.267 e. The average molecular weight is 409 g/mol. The van der Waals surface area contributed by atoms with E-state index < -0.39 is 42.7 Å². The van der Waals surface area contributed by atoms with Crippen LogP contribution in [0.1, 0.15) is 0 Å². The molecule has 0 fully saturated rings. The van der Waals surface area contributed by atoms with Crippen molar-refractivity contribution in [3.63, 3.8) is 0 Å². The second-order valence-corrected chi connectivity index (χ2v) is 3.86. The highest BCUT2D eigenvalue weighted by atomic mass is 19.4. The van der Waals surface area contributed by atoms with E-state index in [9.17, 15) is 61.5 Å². The topological polar surface area (TPSA) is 42.2 Å². The van der Waals surface area contributed by atoms with Crippen LogP contribution in [0.15, 0.2) is 0 Å². The van der Waals surface area contributed by atoms with Crippen molar-refractivity contribution in [3.05, 3.63) is 0 Å². The molecule has 0 aliphatic heterocycles. The Morgan fingerprint density at radius 2 is 1.08 bits per heavy atom. The summed E-state index contributed by atoms with van der Waals surface area (Å²) >= 11 is 0. The fraction of sp³-hybridized carbons (Fsp3) is 0.875. The van der Waals surface area contributed by atoms with Crippen molar-refractivity contribution in [3.8, 4) is 6.07 Å². The largest absolute Gasteiger partial charge is 0.462 e. The lowest BCUT2D eigenvalue weighted by molar-refractivity contribution is -0.537. The van der Waals surface area contributed by atoms with E-state index in [-0.39, 0.29) is 6.07 Å². The van der Waals surface area contributed by atoms with Gasteiger partial charge in [-0.25, -0.2) is 0 Å². The van der Waals surface area contributed by atoms with Crippen molar-refractivity contribution >= 4 is 0 Å². The molecule has 17 heteroatoms. The van der Waals surface area contributed by atoms with Gasteiger partial charge in [0.25, 0.3) is 6.36 Å². The van der Waals surface area contributed by atoms with Crippen molar-refractivity contribution in [2.24, 2.45) is 0 Å². The van der Waals surface area contributed by atoms with Gasteiger partial charge in [-0.3, -0.25) is 9.47 Å². The monoisotopic (exact) mass is 409 g/mol. The van der Waals surface area contributed by atoms with Gasteiger partial charge in [0, 0.05) is 0 Å². The van der Waals surface area contributed by atoms with Gasteiger partial charge in [-0.1, -0.05) is 0 Å². The highest BCUT2D eigenvalue weighted by Crippen LogP contribution is 2.55.